The summed E-state index contributed by atoms with van der Waals surface area (Å²) in [5, 5.41) is 5.40. The summed E-state index contributed by atoms with van der Waals surface area (Å²) in [6.07, 6.45) is 5.18. The molecule has 5 heteroatoms. The summed E-state index contributed by atoms with van der Waals surface area (Å²) in [6, 6.07) is 16.9. The van der Waals surface area contributed by atoms with Crippen LogP contribution in [0.2, 0.25) is 0 Å². The Labute approximate surface area is 159 Å². The molecule has 5 nitrogen and oxygen atoms in total. The number of aryl methyl sites for hydroxylation is 1. The van der Waals surface area contributed by atoms with Crippen LogP contribution in [0.25, 0.3) is 6.08 Å². The lowest BCUT2D eigenvalue weighted by molar-refractivity contribution is -0.118. The molecule has 0 saturated heterocycles. The van der Waals surface area contributed by atoms with E-state index in [4.69, 9.17) is 4.74 Å². The quantitative estimate of drug-likeness (QED) is 0.430. The highest BCUT2D eigenvalue weighted by Gasteiger charge is 2.13. The van der Waals surface area contributed by atoms with Crippen molar-refractivity contribution < 1.29 is 14.3 Å². The Morgan fingerprint density at radius 3 is 2.41 bits per heavy atom. The minimum atomic E-state index is -0.370. The maximum Gasteiger partial charge on any atom is 0.267 e. The second kappa shape index (κ2) is 10.7. The van der Waals surface area contributed by atoms with Crippen LogP contribution in [0.1, 0.15) is 21.5 Å². The summed E-state index contributed by atoms with van der Waals surface area (Å²) >= 11 is 0. The van der Waals surface area contributed by atoms with Gasteiger partial charge < -0.3 is 15.4 Å². The predicted molar refractivity (Wildman–Crippen MR) is 107 cm³/mol. The van der Waals surface area contributed by atoms with Crippen molar-refractivity contribution in [2.24, 2.45) is 0 Å². The first kappa shape index (κ1) is 20.1. The summed E-state index contributed by atoms with van der Waals surface area (Å²) in [5.41, 5.74) is 2.72. The van der Waals surface area contributed by atoms with Crippen LogP contribution in [0.4, 0.5) is 0 Å². The summed E-state index contributed by atoms with van der Waals surface area (Å²) in [6.45, 7) is 2.70. The van der Waals surface area contributed by atoms with Crippen LogP contribution in [-0.2, 0) is 9.53 Å². The standard InChI is InChI=1S/C22H24N2O3/c1-17-11-13-19(14-12-17)21(25)24-20(22(26)23-15-16-27-2)10-6-9-18-7-4-3-5-8-18/h3-14H,15-16H2,1-2H3,(H,23,26)(H,24,25)/b9-6+,20-10+. The van der Waals surface area contributed by atoms with Crippen molar-refractivity contribution in [3.63, 3.8) is 0 Å². The molecule has 0 spiro atoms. The molecule has 2 aromatic carbocycles. The Morgan fingerprint density at radius 2 is 1.74 bits per heavy atom. The normalized spacial score (nSPS) is 11.4. The number of methoxy groups -OCH3 is 1. The highest BCUT2D eigenvalue weighted by atomic mass is 16.5. The lowest BCUT2D eigenvalue weighted by Crippen LogP contribution is -2.36. The largest absolute Gasteiger partial charge is 0.383 e. The van der Waals surface area contributed by atoms with Crippen LogP contribution >= 0.6 is 0 Å². The number of carbonyl (C=O) groups excluding carboxylic acids is 2. The molecular formula is C22H24N2O3. The van der Waals surface area contributed by atoms with Gasteiger partial charge in [-0.1, -0.05) is 60.2 Å². The topological polar surface area (TPSA) is 67.4 Å². The first-order valence-corrected chi connectivity index (χ1v) is 8.68. The average molecular weight is 364 g/mol. The summed E-state index contributed by atoms with van der Waals surface area (Å²) in [4.78, 5) is 24.9. The van der Waals surface area contributed by atoms with Crippen molar-refractivity contribution in [2.45, 2.75) is 6.92 Å². The number of hydrogen-bond acceptors (Lipinski definition) is 3. The molecule has 0 aliphatic carbocycles. The zero-order valence-corrected chi connectivity index (χ0v) is 15.6. The fraction of sp³-hybridized carbons (Fsp3) is 0.182. The molecule has 0 aliphatic rings. The van der Waals surface area contributed by atoms with Gasteiger partial charge in [-0.15, -0.1) is 0 Å². The molecule has 0 aliphatic heterocycles. The molecule has 0 radical (unpaired) electrons. The van der Waals surface area contributed by atoms with Crippen molar-refractivity contribution in [1.82, 2.24) is 10.6 Å². The summed E-state index contributed by atoms with van der Waals surface area (Å²) < 4.78 is 4.94. The molecule has 2 amide bonds. The van der Waals surface area contributed by atoms with E-state index in [0.29, 0.717) is 18.7 Å². The van der Waals surface area contributed by atoms with Gasteiger partial charge in [-0.25, -0.2) is 0 Å². The number of amides is 2. The average Bonchev–Trinajstić information content (AvgIpc) is 2.68. The minimum absolute atomic E-state index is 0.170. The second-order valence-corrected chi connectivity index (χ2v) is 5.92. The molecule has 0 aromatic heterocycles. The highest BCUT2D eigenvalue weighted by Crippen LogP contribution is 2.05. The smallest absolute Gasteiger partial charge is 0.267 e. The molecule has 27 heavy (non-hydrogen) atoms. The Hall–Kier alpha value is -3.18. The molecule has 2 rings (SSSR count). The lowest BCUT2D eigenvalue weighted by atomic mass is 10.1. The van der Waals surface area contributed by atoms with Crippen molar-refractivity contribution in [3.8, 4) is 0 Å². The van der Waals surface area contributed by atoms with E-state index >= 15 is 0 Å². The Bertz CT molecular complexity index is 809. The van der Waals surface area contributed by atoms with Gasteiger partial charge in [0.15, 0.2) is 0 Å². The summed E-state index contributed by atoms with van der Waals surface area (Å²) in [7, 11) is 1.56. The second-order valence-electron chi connectivity index (χ2n) is 5.92. The third-order valence-corrected chi connectivity index (χ3v) is 3.75. The van der Waals surface area contributed by atoms with E-state index < -0.39 is 0 Å². The number of allylic oxidation sites excluding steroid dienone is 2. The van der Waals surface area contributed by atoms with Crippen LogP contribution < -0.4 is 10.6 Å². The van der Waals surface area contributed by atoms with Gasteiger partial charge in [0.25, 0.3) is 11.8 Å². The molecule has 140 valence electrons. The SMILES string of the molecule is COCCNC(=O)/C(=C\C=C\c1ccccc1)NC(=O)c1ccc(C)cc1. The fourth-order valence-corrected chi connectivity index (χ4v) is 2.25. The number of carbonyl (C=O) groups is 2. The fourth-order valence-electron chi connectivity index (χ4n) is 2.25. The monoisotopic (exact) mass is 364 g/mol. The van der Waals surface area contributed by atoms with E-state index in [2.05, 4.69) is 10.6 Å². The first-order valence-electron chi connectivity index (χ1n) is 8.68. The third kappa shape index (κ3) is 6.92. The Balaban J connectivity index is 2.14. The van der Waals surface area contributed by atoms with E-state index in [1.807, 2.05) is 55.5 Å². The van der Waals surface area contributed by atoms with Gasteiger partial charge in [0, 0.05) is 19.2 Å². The molecule has 0 fully saturated rings. The number of nitrogens with one attached hydrogen (secondary N) is 2. The molecular weight excluding hydrogens is 340 g/mol. The van der Waals surface area contributed by atoms with Crippen LogP contribution in [0.3, 0.4) is 0 Å². The molecule has 0 saturated carbocycles. The van der Waals surface area contributed by atoms with Gasteiger partial charge in [0.1, 0.15) is 5.70 Å². The van der Waals surface area contributed by atoms with Crippen LogP contribution in [0.15, 0.2) is 72.4 Å². The predicted octanol–water partition coefficient (Wildman–Crippen LogP) is 3.08. The van der Waals surface area contributed by atoms with Gasteiger partial charge >= 0.3 is 0 Å². The minimum Gasteiger partial charge on any atom is -0.383 e. The number of ether oxygens (including phenoxy) is 1. The lowest BCUT2D eigenvalue weighted by Gasteiger charge is -2.10. The molecule has 0 atom stereocenters. The molecule has 2 N–H and O–H groups in total. The van der Waals surface area contributed by atoms with E-state index in [-0.39, 0.29) is 17.5 Å². The van der Waals surface area contributed by atoms with E-state index in [1.165, 1.54) is 0 Å². The van der Waals surface area contributed by atoms with Gasteiger partial charge in [-0.2, -0.15) is 0 Å². The maximum absolute atomic E-state index is 12.5. The van der Waals surface area contributed by atoms with E-state index in [1.54, 1.807) is 31.4 Å². The van der Waals surface area contributed by atoms with Gasteiger partial charge in [0.2, 0.25) is 0 Å². The van der Waals surface area contributed by atoms with Crippen LogP contribution in [0.5, 0.6) is 0 Å². The third-order valence-electron chi connectivity index (χ3n) is 3.75. The van der Waals surface area contributed by atoms with Crippen LogP contribution in [0, 0.1) is 6.92 Å². The van der Waals surface area contributed by atoms with Crippen molar-refractivity contribution in [1.29, 1.82) is 0 Å². The molecule has 2 aromatic rings. The number of rotatable bonds is 8. The van der Waals surface area contributed by atoms with E-state index in [0.717, 1.165) is 11.1 Å². The Kier molecular flexibility index (Phi) is 8.00. The number of hydrogen-bond donors (Lipinski definition) is 2. The van der Waals surface area contributed by atoms with Crippen molar-refractivity contribution >= 4 is 17.9 Å². The highest BCUT2D eigenvalue weighted by molar-refractivity contribution is 6.03. The van der Waals surface area contributed by atoms with Gasteiger partial charge in [0.05, 0.1) is 6.61 Å². The molecule has 0 bridgehead atoms. The van der Waals surface area contributed by atoms with E-state index in [9.17, 15) is 9.59 Å². The van der Waals surface area contributed by atoms with Gasteiger partial charge in [-0.05, 0) is 30.7 Å². The van der Waals surface area contributed by atoms with Crippen LogP contribution in [-0.4, -0.2) is 32.1 Å². The summed E-state index contributed by atoms with van der Waals surface area (Å²) in [5.74, 6) is -0.707. The number of benzene rings is 2. The van der Waals surface area contributed by atoms with Crippen molar-refractivity contribution in [2.75, 3.05) is 20.3 Å². The van der Waals surface area contributed by atoms with Gasteiger partial charge in [-0.3, -0.25) is 9.59 Å². The van der Waals surface area contributed by atoms with Crippen molar-refractivity contribution in [3.05, 3.63) is 89.1 Å². The first-order chi connectivity index (χ1) is 13.1. The zero-order chi connectivity index (χ0) is 19.5. The molecule has 0 heterocycles. The maximum atomic E-state index is 12.5. The Morgan fingerprint density at radius 1 is 1.04 bits per heavy atom. The zero-order valence-electron chi connectivity index (χ0n) is 15.6. The molecule has 0 unspecified atom stereocenters.